The van der Waals surface area contributed by atoms with E-state index in [2.05, 4.69) is 15.0 Å². The molecule has 1 aromatic carbocycles. The van der Waals surface area contributed by atoms with E-state index in [1.165, 1.54) is 0 Å². The summed E-state index contributed by atoms with van der Waals surface area (Å²) in [5, 5.41) is 0.807. The maximum atomic E-state index is 6.03. The van der Waals surface area contributed by atoms with Gasteiger partial charge in [-0.3, -0.25) is 0 Å². The molecule has 3 heterocycles. The van der Waals surface area contributed by atoms with Crippen LogP contribution in [0, 0.1) is 13.8 Å². The average molecular weight is 391 g/mol. The molecule has 0 aliphatic carbocycles. The molecule has 4 aromatic rings. The molecular weight excluding hydrogens is 370 g/mol. The van der Waals surface area contributed by atoms with Crippen molar-refractivity contribution in [2.24, 2.45) is 0 Å². The van der Waals surface area contributed by atoms with Gasteiger partial charge in [-0.1, -0.05) is 0 Å². The second kappa shape index (κ2) is 8.28. The number of rotatable bonds is 7. The Morgan fingerprint density at radius 1 is 0.966 bits per heavy atom. The topological polar surface area (TPSA) is 79.5 Å². The van der Waals surface area contributed by atoms with Crippen molar-refractivity contribution >= 4 is 11.0 Å². The Morgan fingerprint density at radius 3 is 2.59 bits per heavy atom. The number of nitrogens with zero attached hydrogens (tertiary/aromatic N) is 3. The van der Waals surface area contributed by atoms with Crippen LogP contribution in [0.15, 0.2) is 53.5 Å². The number of furan rings is 1. The highest BCUT2D eigenvalue weighted by molar-refractivity contribution is 5.82. The summed E-state index contributed by atoms with van der Waals surface area (Å²) in [6.45, 7) is 4.80. The van der Waals surface area contributed by atoms with Gasteiger partial charge in [0.1, 0.15) is 30.0 Å². The van der Waals surface area contributed by atoms with Crippen molar-refractivity contribution in [3.8, 4) is 28.5 Å². The molecule has 0 N–H and O–H groups in total. The summed E-state index contributed by atoms with van der Waals surface area (Å²) in [6.07, 6.45) is 4.83. The number of aryl methyl sites for hydroxylation is 2. The van der Waals surface area contributed by atoms with E-state index in [9.17, 15) is 0 Å². The molecule has 0 aliphatic heterocycles. The fourth-order valence-electron chi connectivity index (χ4n) is 3.17. The first-order chi connectivity index (χ1) is 14.2. The van der Waals surface area contributed by atoms with Gasteiger partial charge in [-0.2, -0.15) is 0 Å². The molecule has 0 atom stereocenters. The number of ether oxygens (including phenoxy) is 3. The molecule has 0 aliphatic rings. The summed E-state index contributed by atoms with van der Waals surface area (Å²) in [4.78, 5) is 13.0. The molecule has 0 spiro atoms. The first-order valence-corrected chi connectivity index (χ1v) is 9.22. The second-order valence-electron chi connectivity index (χ2n) is 6.47. The van der Waals surface area contributed by atoms with Gasteiger partial charge in [0.05, 0.1) is 18.3 Å². The highest BCUT2D eigenvalue weighted by Gasteiger charge is 2.16. The van der Waals surface area contributed by atoms with Crippen LogP contribution in [0.1, 0.15) is 11.4 Å². The van der Waals surface area contributed by atoms with Crippen LogP contribution < -0.4 is 9.47 Å². The normalized spacial score (nSPS) is 11.0. The van der Waals surface area contributed by atoms with Crippen LogP contribution in [-0.4, -0.2) is 35.3 Å². The lowest BCUT2D eigenvalue weighted by atomic mass is 10.0. The summed E-state index contributed by atoms with van der Waals surface area (Å²) in [7, 11) is 1.64. The van der Waals surface area contributed by atoms with Crippen molar-refractivity contribution < 1.29 is 18.6 Å². The van der Waals surface area contributed by atoms with Gasteiger partial charge in [0, 0.05) is 41.9 Å². The first kappa shape index (κ1) is 18.9. The second-order valence-corrected chi connectivity index (χ2v) is 6.47. The molecule has 0 bridgehead atoms. The van der Waals surface area contributed by atoms with Crippen LogP contribution in [0.3, 0.4) is 0 Å². The standard InChI is InChI=1S/C22H21N3O4/c1-14-21(15(2)25-13-24-14)17-5-4-16(12-20(17)28-11-10-26-3)29-22-18-7-9-27-19(18)6-8-23-22/h4-9,12-13H,10-11H2,1-3H3. The van der Waals surface area contributed by atoms with E-state index in [0.717, 1.165) is 33.5 Å². The summed E-state index contributed by atoms with van der Waals surface area (Å²) in [5.74, 6) is 1.75. The van der Waals surface area contributed by atoms with E-state index in [1.807, 2.05) is 38.1 Å². The molecular formula is C22H21N3O4. The maximum absolute atomic E-state index is 6.03. The molecule has 0 unspecified atom stereocenters. The molecule has 0 saturated heterocycles. The highest BCUT2D eigenvalue weighted by Crippen LogP contribution is 2.38. The molecule has 29 heavy (non-hydrogen) atoms. The minimum atomic E-state index is 0.411. The monoisotopic (exact) mass is 391 g/mol. The quantitative estimate of drug-likeness (QED) is 0.422. The maximum Gasteiger partial charge on any atom is 0.230 e. The van der Waals surface area contributed by atoms with Gasteiger partial charge in [0.15, 0.2) is 0 Å². The van der Waals surface area contributed by atoms with Crippen LogP contribution in [-0.2, 0) is 4.74 Å². The number of fused-ring (bicyclic) bond motifs is 1. The van der Waals surface area contributed by atoms with Gasteiger partial charge in [0.2, 0.25) is 5.88 Å². The smallest absolute Gasteiger partial charge is 0.230 e. The van der Waals surface area contributed by atoms with Crippen molar-refractivity contribution in [1.82, 2.24) is 15.0 Å². The Balaban J connectivity index is 1.73. The molecule has 0 radical (unpaired) electrons. The third kappa shape index (κ3) is 3.90. The molecule has 0 saturated carbocycles. The Labute approximate surface area is 168 Å². The lowest BCUT2D eigenvalue weighted by Gasteiger charge is -2.16. The molecule has 0 fully saturated rings. The van der Waals surface area contributed by atoms with Crippen molar-refractivity contribution in [3.05, 3.63) is 60.5 Å². The number of hydrogen-bond donors (Lipinski definition) is 0. The van der Waals surface area contributed by atoms with E-state index in [0.29, 0.717) is 30.6 Å². The Hall–Kier alpha value is -3.45. The van der Waals surface area contributed by atoms with Crippen molar-refractivity contribution in [2.75, 3.05) is 20.3 Å². The van der Waals surface area contributed by atoms with E-state index in [-0.39, 0.29) is 0 Å². The Bertz CT molecular complexity index is 1120. The zero-order chi connectivity index (χ0) is 20.2. The Morgan fingerprint density at radius 2 is 1.79 bits per heavy atom. The fraction of sp³-hybridized carbons (Fsp3) is 0.227. The predicted molar refractivity (Wildman–Crippen MR) is 108 cm³/mol. The minimum absolute atomic E-state index is 0.411. The van der Waals surface area contributed by atoms with Crippen molar-refractivity contribution in [2.45, 2.75) is 13.8 Å². The average Bonchev–Trinajstić information content (AvgIpc) is 3.19. The van der Waals surface area contributed by atoms with Gasteiger partial charge in [0.25, 0.3) is 0 Å². The zero-order valence-corrected chi connectivity index (χ0v) is 16.5. The molecule has 148 valence electrons. The molecule has 3 aromatic heterocycles. The summed E-state index contributed by atoms with van der Waals surface area (Å²) >= 11 is 0. The predicted octanol–water partition coefficient (Wildman–Crippen LogP) is 4.72. The summed E-state index contributed by atoms with van der Waals surface area (Å²) < 4.78 is 22.6. The van der Waals surface area contributed by atoms with Crippen molar-refractivity contribution in [3.63, 3.8) is 0 Å². The lowest BCUT2D eigenvalue weighted by Crippen LogP contribution is -2.06. The van der Waals surface area contributed by atoms with Gasteiger partial charge in [-0.25, -0.2) is 15.0 Å². The first-order valence-electron chi connectivity index (χ1n) is 9.22. The van der Waals surface area contributed by atoms with Crippen molar-refractivity contribution in [1.29, 1.82) is 0 Å². The van der Waals surface area contributed by atoms with Crippen LogP contribution in [0.2, 0.25) is 0 Å². The third-order valence-electron chi connectivity index (χ3n) is 4.55. The zero-order valence-electron chi connectivity index (χ0n) is 16.5. The Kier molecular flexibility index (Phi) is 5.39. The van der Waals surface area contributed by atoms with Gasteiger partial charge in [-0.05, 0) is 38.1 Å². The molecule has 0 amide bonds. The number of pyridine rings is 1. The van der Waals surface area contributed by atoms with E-state index in [4.69, 9.17) is 18.6 Å². The number of hydrogen-bond acceptors (Lipinski definition) is 7. The minimum Gasteiger partial charge on any atom is -0.490 e. The number of methoxy groups -OCH3 is 1. The highest BCUT2D eigenvalue weighted by atomic mass is 16.5. The van der Waals surface area contributed by atoms with E-state index < -0.39 is 0 Å². The van der Waals surface area contributed by atoms with Crippen LogP contribution in [0.5, 0.6) is 17.4 Å². The van der Waals surface area contributed by atoms with Crippen LogP contribution >= 0.6 is 0 Å². The van der Waals surface area contributed by atoms with Gasteiger partial charge >= 0.3 is 0 Å². The van der Waals surface area contributed by atoms with E-state index >= 15 is 0 Å². The number of aromatic nitrogens is 3. The van der Waals surface area contributed by atoms with Gasteiger partial charge in [-0.15, -0.1) is 0 Å². The number of benzene rings is 1. The summed E-state index contributed by atoms with van der Waals surface area (Å²) in [5.41, 5.74) is 4.33. The molecule has 7 nitrogen and oxygen atoms in total. The molecule has 4 rings (SSSR count). The fourth-order valence-corrected chi connectivity index (χ4v) is 3.17. The van der Waals surface area contributed by atoms with Gasteiger partial charge < -0.3 is 18.6 Å². The SMILES string of the molecule is COCCOc1cc(Oc2nccc3occc23)ccc1-c1c(C)ncnc1C. The third-order valence-corrected chi connectivity index (χ3v) is 4.55. The van der Waals surface area contributed by atoms with Crippen LogP contribution in [0.25, 0.3) is 22.1 Å². The van der Waals surface area contributed by atoms with E-state index in [1.54, 1.807) is 32.0 Å². The van der Waals surface area contributed by atoms with Crippen LogP contribution in [0.4, 0.5) is 0 Å². The summed E-state index contributed by atoms with van der Waals surface area (Å²) in [6, 6.07) is 9.30. The molecule has 7 heteroatoms. The lowest BCUT2D eigenvalue weighted by molar-refractivity contribution is 0.146. The largest absolute Gasteiger partial charge is 0.490 e.